The summed E-state index contributed by atoms with van der Waals surface area (Å²) in [6, 6.07) is 3.95. The largest absolute Gasteiger partial charge is 0.401 e. The number of anilines is 3. The van der Waals surface area contributed by atoms with Crippen LogP contribution in [0, 0.1) is 6.92 Å². The van der Waals surface area contributed by atoms with Gasteiger partial charge in [0, 0.05) is 35.6 Å². The first-order valence-corrected chi connectivity index (χ1v) is 16.3. The molecule has 2 unspecified atom stereocenters. The lowest BCUT2D eigenvalue weighted by molar-refractivity contribution is 0.101. The van der Waals surface area contributed by atoms with Crippen molar-refractivity contribution in [3.05, 3.63) is 46.0 Å². The van der Waals surface area contributed by atoms with E-state index in [1.807, 2.05) is 65.4 Å². The quantitative estimate of drug-likeness (QED) is 0.192. The number of pyridine rings is 2. The summed E-state index contributed by atoms with van der Waals surface area (Å²) in [7, 11) is 25.0. The number of rotatable bonds is 5. The van der Waals surface area contributed by atoms with Crippen LogP contribution in [0.2, 0.25) is 15.6 Å². The minimum absolute atomic E-state index is 0.0461. The molecule has 0 bridgehead atoms. The van der Waals surface area contributed by atoms with Crippen molar-refractivity contribution in [1.82, 2.24) is 24.8 Å². The van der Waals surface area contributed by atoms with Crippen LogP contribution in [0.25, 0.3) is 11.0 Å². The van der Waals surface area contributed by atoms with E-state index in [2.05, 4.69) is 67.6 Å². The zero-order chi connectivity index (χ0) is 34.6. The Balaban J connectivity index is 1.65. The molecule has 0 radical (unpaired) electrons. The molecule has 10 nitrogen and oxygen atoms in total. The predicted molar refractivity (Wildman–Crippen MR) is 220 cm³/mol. The number of nitrogens with zero attached hydrogens (tertiary/aromatic N) is 5. The molecular weight excluding hydrogens is 564 g/mol. The highest BCUT2D eigenvalue weighted by Crippen LogP contribution is 2.75. The van der Waals surface area contributed by atoms with Gasteiger partial charge in [-0.3, -0.25) is 14.2 Å². The number of carbonyl (C=O) groups is 1. The molecule has 46 heavy (non-hydrogen) atoms. The number of ketones is 1. The van der Waals surface area contributed by atoms with Gasteiger partial charge in [-0.25, -0.2) is 9.97 Å². The Bertz CT molecular complexity index is 1770. The van der Waals surface area contributed by atoms with Crippen LogP contribution in [0.5, 0.6) is 0 Å². The van der Waals surface area contributed by atoms with Gasteiger partial charge in [-0.1, -0.05) is 15.6 Å². The Kier molecular flexibility index (Phi) is 7.89. The first-order valence-electron chi connectivity index (χ1n) is 16.3. The molecule has 4 heterocycles. The van der Waals surface area contributed by atoms with E-state index in [1.165, 1.54) is 6.92 Å². The van der Waals surface area contributed by atoms with Crippen LogP contribution in [-0.2, 0) is 5.44 Å². The molecular formula is C24H41B12N7O3. The summed E-state index contributed by atoms with van der Waals surface area (Å²) >= 11 is 0. The summed E-state index contributed by atoms with van der Waals surface area (Å²) in [5.74, 6) is 0.534. The van der Waals surface area contributed by atoms with Crippen molar-refractivity contribution in [3.8, 4) is 0 Å². The Hall–Kier alpha value is -2.59. The molecule has 3 aromatic rings. The molecule has 1 aliphatic heterocycles. The molecule has 1 saturated carbocycles. The number of hydrogen-bond acceptors (Lipinski definition) is 9. The maximum Gasteiger partial charge on any atom is 0.263 e. The monoisotopic (exact) mass is 607 g/mol. The van der Waals surface area contributed by atoms with Crippen LogP contribution in [0.15, 0.2) is 29.3 Å². The van der Waals surface area contributed by atoms with Gasteiger partial charge >= 0.3 is 0 Å². The fraction of sp³-hybridized carbons (Fsp3) is 0.458. The molecule has 0 spiro atoms. The zero-order valence-electron chi connectivity index (χ0n) is 30.2. The lowest BCUT2D eigenvalue weighted by Crippen LogP contribution is -2.73. The summed E-state index contributed by atoms with van der Waals surface area (Å²) in [4.78, 5) is 44.1. The van der Waals surface area contributed by atoms with Crippen LogP contribution in [0.1, 0.15) is 22.8 Å². The van der Waals surface area contributed by atoms with Crippen molar-refractivity contribution >= 4 is 128 Å². The smallest absolute Gasteiger partial charge is 0.263 e. The summed E-state index contributed by atoms with van der Waals surface area (Å²) in [6.45, 7) is 4.90. The summed E-state index contributed by atoms with van der Waals surface area (Å²) < 4.78 is 1.67. The second kappa shape index (κ2) is 10.5. The maximum absolute atomic E-state index is 14.5. The van der Waals surface area contributed by atoms with E-state index < -0.39 is 32.1 Å². The number of hydrogen-bond donors (Lipinski definition) is 3. The van der Waals surface area contributed by atoms with E-state index in [1.54, 1.807) is 17.7 Å². The van der Waals surface area contributed by atoms with Gasteiger partial charge in [0.25, 0.3) is 5.56 Å². The van der Waals surface area contributed by atoms with E-state index >= 15 is 0 Å². The zero-order valence-corrected chi connectivity index (χ0v) is 30.2. The highest BCUT2D eigenvalue weighted by atomic mass is 16.3. The number of piperazine rings is 1. The first-order chi connectivity index (χ1) is 20.8. The SMILES string of the molecule is BC1(B)CN(c2ccc(Nc3ncc4c(C)c(C(C)=O)c(=O)n(C5(B)C(B)(B)C(B)(B)C(B)(O)C5(B)B)c4n3)nc2)CC(B)(B)N1. The van der Waals surface area contributed by atoms with E-state index in [0.717, 1.165) is 18.8 Å². The molecule has 22 heteroatoms. The lowest BCUT2D eigenvalue weighted by atomic mass is 9.23. The van der Waals surface area contributed by atoms with Crippen molar-refractivity contribution in [1.29, 1.82) is 0 Å². The van der Waals surface area contributed by atoms with Gasteiger partial charge in [0.1, 0.15) is 106 Å². The molecule has 1 aliphatic carbocycles. The molecule has 5 rings (SSSR count). The molecule has 0 amide bonds. The molecule has 2 aliphatic rings. The minimum atomic E-state index is -1.18. The lowest BCUT2D eigenvalue weighted by Gasteiger charge is -2.52. The molecule has 2 fully saturated rings. The maximum atomic E-state index is 14.5. The Morgan fingerprint density at radius 2 is 1.48 bits per heavy atom. The van der Waals surface area contributed by atoms with Crippen LogP contribution >= 0.6 is 0 Å². The molecule has 2 atom stereocenters. The average Bonchev–Trinajstić information content (AvgIpc) is 2.95. The normalized spacial score (nSPS) is 27.2. The third kappa shape index (κ3) is 4.74. The van der Waals surface area contributed by atoms with Gasteiger partial charge in [0.2, 0.25) is 5.95 Å². The Morgan fingerprint density at radius 1 is 0.891 bits per heavy atom. The van der Waals surface area contributed by atoms with Crippen molar-refractivity contribution in [2.45, 2.75) is 51.1 Å². The number of aryl methyl sites for hydroxylation is 1. The number of carbonyl (C=O) groups excluding carboxylic acids is 1. The summed E-state index contributed by atoms with van der Waals surface area (Å²) in [5.41, 5.74) is -0.473. The molecule has 3 aromatic heterocycles. The van der Waals surface area contributed by atoms with E-state index in [0.29, 0.717) is 22.4 Å². The van der Waals surface area contributed by atoms with Gasteiger partial charge in [-0.15, -0.1) is 0 Å². The van der Waals surface area contributed by atoms with Gasteiger partial charge in [-0.2, -0.15) is 4.98 Å². The second-order valence-corrected chi connectivity index (χ2v) is 16.9. The van der Waals surface area contributed by atoms with Gasteiger partial charge in [0.15, 0.2) is 5.78 Å². The number of nitrogens with one attached hydrogen (secondary N) is 2. The topological polar surface area (TPSA) is 125 Å². The van der Waals surface area contributed by atoms with Gasteiger partial charge < -0.3 is 20.6 Å². The summed E-state index contributed by atoms with van der Waals surface area (Å²) in [5, 5.41) is 17.6. The van der Waals surface area contributed by atoms with Gasteiger partial charge in [0.05, 0.1) is 17.4 Å². The number of fused-ring (bicyclic) bond motifs is 1. The predicted octanol–water partition coefficient (Wildman–Crippen LogP) is -10.5. The van der Waals surface area contributed by atoms with Crippen molar-refractivity contribution in [3.63, 3.8) is 0 Å². The number of aliphatic hydroxyl groups is 1. The minimum Gasteiger partial charge on any atom is -0.401 e. The second-order valence-electron chi connectivity index (χ2n) is 16.9. The molecule has 3 N–H and O–H groups in total. The third-order valence-electron chi connectivity index (χ3n) is 12.6. The highest BCUT2D eigenvalue weighted by Gasteiger charge is 2.74. The Labute approximate surface area is 282 Å². The molecule has 0 aromatic carbocycles. The Morgan fingerprint density at radius 3 is 1.96 bits per heavy atom. The summed E-state index contributed by atoms with van der Waals surface area (Å²) in [6.07, 6.45) is 3.53. The fourth-order valence-electron chi connectivity index (χ4n) is 8.96. The number of aromatic nitrogens is 4. The van der Waals surface area contributed by atoms with E-state index in [9.17, 15) is 14.7 Å². The van der Waals surface area contributed by atoms with Crippen molar-refractivity contribution in [2.75, 3.05) is 23.3 Å². The number of Topliss-reactive ketones (excluding diaryl/α,β-unsaturated/α-hetero) is 1. The van der Waals surface area contributed by atoms with E-state index in [4.69, 9.17) is 9.97 Å². The van der Waals surface area contributed by atoms with E-state index in [-0.39, 0.29) is 28.0 Å². The first kappa shape index (κ1) is 34.7. The van der Waals surface area contributed by atoms with Crippen molar-refractivity contribution in [2.24, 2.45) is 0 Å². The fourth-order valence-corrected chi connectivity index (χ4v) is 8.96. The third-order valence-corrected chi connectivity index (χ3v) is 12.6. The van der Waals surface area contributed by atoms with Crippen LogP contribution < -0.4 is 21.1 Å². The van der Waals surface area contributed by atoms with Crippen LogP contribution in [0.3, 0.4) is 0 Å². The van der Waals surface area contributed by atoms with Crippen LogP contribution in [-0.4, -0.2) is 154 Å². The van der Waals surface area contributed by atoms with Crippen LogP contribution in [0.4, 0.5) is 17.5 Å². The van der Waals surface area contributed by atoms with Gasteiger partial charge in [-0.05, 0) is 42.2 Å². The standard InChI is InChI=1S/C24H41B12N7O3/c1-9-12-6-38-17(39-13-4-3-11(5-37-13)42-7-18(25,26)41-19(27,28)8-42)40-15(12)43(16(45)14(9)10(2)44)23(35)20(29,30)21(31,32)24(36,46)22(23,33)34/h3-6,41,46H,7-8,25-36H2,1-2H3,(H,37,38,39,40). The molecule has 1 saturated heterocycles. The van der Waals surface area contributed by atoms with Crippen molar-refractivity contribution < 1.29 is 9.90 Å². The average molecular weight is 605 g/mol. The molecule has 226 valence electrons. The highest BCUT2D eigenvalue weighted by molar-refractivity contribution is 6.65.